The predicted molar refractivity (Wildman–Crippen MR) is 204 cm³/mol. The normalized spacial score (nSPS) is 22.7. The molecule has 2 heterocycles. The molecule has 1 saturated heterocycles. The third-order valence-electron chi connectivity index (χ3n) is 9.64. The van der Waals surface area contributed by atoms with Gasteiger partial charge in [-0.25, -0.2) is 17.9 Å². The third kappa shape index (κ3) is 7.38. The lowest BCUT2D eigenvalue weighted by atomic mass is 9.71. The van der Waals surface area contributed by atoms with Crippen LogP contribution in [0, 0.1) is 0 Å². The lowest BCUT2D eigenvalue weighted by Gasteiger charge is -2.48. The molecule has 2 amide bonds. The number of carbonyl (C=O) groups excluding carboxylic acids is 2. The number of hydrogen-bond donors (Lipinski definition) is 1. The summed E-state index contributed by atoms with van der Waals surface area (Å²) in [4.78, 5) is 38.4. The van der Waals surface area contributed by atoms with Crippen molar-refractivity contribution in [3.05, 3.63) is 92.4 Å². The number of hydrogen-bond acceptors (Lipinski definition) is 8. The smallest absolute Gasteiger partial charge is 0.326 e. The highest BCUT2D eigenvalue weighted by Gasteiger charge is 2.60. The molecule has 1 fully saturated rings. The number of benzene rings is 3. The van der Waals surface area contributed by atoms with E-state index in [2.05, 4.69) is 4.72 Å². The van der Waals surface area contributed by atoms with Gasteiger partial charge in [0.1, 0.15) is 33.6 Å². The molecule has 2 aliphatic heterocycles. The van der Waals surface area contributed by atoms with Crippen molar-refractivity contribution in [2.24, 2.45) is 4.99 Å². The molecule has 1 N–H and O–H groups in total. The lowest BCUT2D eigenvalue weighted by Crippen LogP contribution is -2.63. The Bertz CT molecular complexity index is 1990. The van der Waals surface area contributed by atoms with Gasteiger partial charge in [-0.15, -0.1) is 0 Å². The number of nitrogens with zero attached hydrogens (tertiary/aromatic N) is 4. The van der Waals surface area contributed by atoms with Gasteiger partial charge in [-0.05, 0) is 90.0 Å². The lowest BCUT2D eigenvalue weighted by molar-refractivity contribution is -0.148. The molecule has 3 aromatic rings. The second kappa shape index (κ2) is 14.8. The van der Waals surface area contributed by atoms with Crippen LogP contribution in [-0.2, 0) is 30.6 Å². The fourth-order valence-corrected chi connectivity index (χ4v) is 9.01. The second-order valence-corrected chi connectivity index (χ2v) is 17.2. The maximum atomic E-state index is 15.3. The van der Waals surface area contributed by atoms with Crippen molar-refractivity contribution in [3.8, 4) is 5.75 Å². The zero-order valence-corrected chi connectivity index (χ0v) is 33.5. The maximum Gasteiger partial charge on any atom is 0.326 e. The molecule has 3 atom stereocenters. The molecule has 5 rings (SSSR count). The standard InChI is InChI=1S/C37H44Cl3N5O6S/c1-9-51-30-21-28(40)31(52(48,49)42-35(2,3)4)20-27(30)32-41-36(5,23-10-14-25(38)15-11-23)37(6,24-12-16-26(39)17-13-24)45(32)34(47)44-19-18-43(7)29(22-44)33(46)50-8/h10-17,20-21,29,42H,9,18-19,22H2,1-8H3/t29-,36-,37+/m0/s1. The summed E-state index contributed by atoms with van der Waals surface area (Å²) in [6.45, 7) is 11.7. The molecule has 0 unspecified atom stereocenters. The Hall–Kier alpha value is -3.39. The topological polar surface area (TPSA) is 121 Å². The van der Waals surface area contributed by atoms with E-state index in [1.165, 1.54) is 19.2 Å². The van der Waals surface area contributed by atoms with Crippen LogP contribution in [0.2, 0.25) is 15.1 Å². The summed E-state index contributed by atoms with van der Waals surface area (Å²) >= 11 is 19.4. The molecular weight excluding hydrogens is 749 g/mol. The van der Waals surface area contributed by atoms with Crippen molar-refractivity contribution in [2.75, 3.05) is 40.4 Å². The van der Waals surface area contributed by atoms with Crippen molar-refractivity contribution in [1.82, 2.24) is 19.4 Å². The van der Waals surface area contributed by atoms with Crippen LogP contribution in [-0.4, -0.2) is 92.9 Å². The number of esters is 1. The van der Waals surface area contributed by atoms with E-state index < -0.39 is 44.7 Å². The molecule has 0 bridgehead atoms. The zero-order chi connectivity index (χ0) is 38.4. The number of sulfonamides is 1. The van der Waals surface area contributed by atoms with E-state index >= 15 is 4.79 Å². The summed E-state index contributed by atoms with van der Waals surface area (Å²) in [5.41, 5.74) is -1.68. The average molecular weight is 793 g/mol. The number of amides is 2. The van der Waals surface area contributed by atoms with Gasteiger partial charge in [0.05, 0.1) is 24.3 Å². The molecule has 0 spiro atoms. The minimum atomic E-state index is -4.18. The highest BCUT2D eigenvalue weighted by molar-refractivity contribution is 7.89. The Morgan fingerprint density at radius 3 is 2.08 bits per heavy atom. The Morgan fingerprint density at radius 1 is 0.962 bits per heavy atom. The third-order valence-corrected chi connectivity index (χ3v) is 12.4. The van der Waals surface area contributed by atoms with Gasteiger partial charge in [0.15, 0.2) is 0 Å². The first-order valence-electron chi connectivity index (χ1n) is 16.8. The van der Waals surface area contributed by atoms with Gasteiger partial charge in [0, 0.05) is 41.3 Å². The van der Waals surface area contributed by atoms with E-state index in [4.69, 9.17) is 49.3 Å². The van der Waals surface area contributed by atoms with Crippen LogP contribution < -0.4 is 9.46 Å². The number of rotatable bonds is 8. The van der Waals surface area contributed by atoms with E-state index in [9.17, 15) is 13.2 Å². The molecule has 11 nitrogen and oxygen atoms in total. The zero-order valence-electron chi connectivity index (χ0n) is 30.5. The number of aliphatic imine (C=N–C) groups is 1. The fraction of sp³-hybridized carbons (Fsp3) is 0.432. The van der Waals surface area contributed by atoms with Crippen molar-refractivity contribution in [2.45, 2.75) is 69.1 Å². The van der Waals surface area contributed by atoms with Gasteiger partial charge in [-0.2, -0.15) is 0 Å². The molecular formula is C37H44Cl3N5O6S. The Labute approximate surface area is 320 Å². The van der Waals surface area contributed by atoms with Crippen LogP contribution in [0.1, 0.15) is 58.2 Å². The first-order valence-corrected chi connectivity index (χ1v) is 19.4. The number of amidine groups is 1. The van der Waals surface area contributed by atoms with Crippen LogP contribution in [0.15, 0.2) is 70.6 Å². The van der Waals surface area contributed by atoms with Crippen LogP contribution in [0.4, 0.5) is 4.79 Å². The first-order chi connectivity index (χ1) is 24.3. The highest BCUT2D eigenvalue weighted by atomic mass is 35.5. The summed E-state index contributed by atoms with van der Waals surface area (Å²) in [5, 5.41) is 0.941. The van der Waals surface area contributed by atoms with E-state index in [1.54, 1.807) is 68.8 Å². The minimum absolute atomic E-state index is 0.0359. The van der Waals surface area contributed by atoms with Crippen LogP contribution >= 0.6 is 34.8 Å². The molecule has 15 heteroatoms. The van der Waals surface area contributed by atoms with E-state index in [-0.39, 0.29) is 46.8 Å². The van der Waals surface area contributed by atoms with E-state index in [0.29, 0.717) is 22.2 Å². The largest absolute Gasteiger partial charge is 0.493 e. The summed E-state index contributed by atoms with van der Waals surface area (Å²) in [6, 6.07) is 16.0. The van der Waals surface area contributed by atoms with Gasteiger partial charge < -0.3 is 14.4 Å². The van der Waals surface area contributed by atoms with Gasteiger partial charge >= 0.3 is 12.0 Å². The minimum Gasteiger partial charge on any atom is -0.493 e. The quantitative estimate of drug-likeness (QED) is 0.246. The molecule has 2 aliphatic rings. The number of ether oxygens (including phenoxy) is 2. The number of carbonyl (C=O) groups is 2. The van der Waals surface area contributed by atoms with Gasteiger partial charge in [-0.1, -0.05) is 59.1 Å². The molecule has 3 aromatic carbocycles. The number of piperazine rings is 1. The Balaban J connectivity index is 1.84. The van der Waals surface area contributed by atoms with Crippen molar-refractivity contribution < 1.29 is 27.5 Å². The number of nitrogens with one attached hydrogen (secondary N) is 1. The number of urea groups is 1. The molecule has 0 aliphatic carbocycles. The summed E-state index contributed by atoms with van der Waals surface area (Å²) in [6.07, 6.45) is 0. The number of likely N-dealkylation sites (N-methyl/N-ethyl adjacent to an activating group) is 1. The second-order valence-electron chi connectivity index (χ2n) is 14.2. The van der Waals surface area contributed by atoms with Crippen LogP contribution in [0.5, 0.6) is 5.75 Å². The molecule has 52 heavy (non-hydrogen) atoms. The van der Waals surface area contributed by atoms with Gasteiger partial charge in [0.2, 0.25) is 10.0 Å². The molecule has 0 saturated carbocycles. The number of methoxy groups -OCH3 is 1. The predicted octanol–water partition coefficient (Wildman–Crippen LogP) is 6.92. The average Bonchev–Trinajstić information content (AvgIpc) is 3.31. The first kappa shape index (κ1) is 39.8. The Kier molecular flexibility index (Phi) is 11.3. The molecule has 0 aromatic heterocycles. The summed E-state index contributed by atoms with van der Waals surface area (Å²) in [5.74, 6) is -0.108. The summed E-state index contributed by atoms with van der Waals surface area (Å²) < 4.78 is 41.6. The van der Waals surface area contributed by atoms with Crippen molar-refractivity contribution in [3.63, 3.8) is 0 Å². The highest BCUT2D eigenvalue weighted by Crippen LogP contribution is 2.54. The van der Waals surface area contributed by atoms with Crippen molar-refractivity contribution >= 4 is 62.7 Å². The van der Waals surface area contributed by atoms with Crippen molar-refractivity contribution in [1.29, 1.82) is 0 Å². The monoisotopic (exact) mass is 791 g/mol. The summed E-state index contributed by atoms with van der Waals surface area (Å²) in [7, 11) is -1.06. The maximum absolute atomic E-state index is 15.3. The number of halogens is 3. The Morgan fingerprint density at radius 2 is 1.54 bits per heavy atom. The van der Waals surface area contributed by atoms with E-state index in [0.717, 1.165) is 5.56 Å². The molecule has 280 valence electrons. The van der Waals surface area contributed by atoms with Gasteiger partial charge in [-0.3, -0.25) is 19.6 Å². The van der Waals surface area contributed by atoms with Crippen LogP contribution in [0.3, 0.4) is 0 Å². The SMILES string of the molecule is CCOc1cc(Cl)c(S(=O)(=O)NC(C)(C)C)cc1C1=N[C@@](C)(c2ccc(Cl)cc2)[C@@](C)(c2ccc(Cl)cc2)N1C(=O)N1CCN(C)[C@H](C(=O)OC)C1. The molecule has 0 radical (unpaired) electrons. The van der Waals surface area contributed by atoms with Gasteiger partial charge in [0.25, 0.3) is 0 Å². The van der Waals surface area contributed by atoms with E-state index in [1.807, 2.05) is 43.0 Å². The fourth-order valence-electron chi connectivity index (χ4n) is 6.80. The van der Waals surface area contributed by atoms with Crippen LogP contribution in [0.25, 0.3) is 0 Å².